The summed E-state index contributed by atoms with van der Waals surface area (Å²) < 4.78 is 24.4. The predicted molar refractivity (Wildman–Crippen MR) is 80.2 cm³/mol. The largest absolute Gasteiger partial charge is 0.326 e. The Labute approximate surface area is 119 Å². The maximum Gasteiger partial charge on any atom is 0.179 e. The van der Waals surface area contributed by atoms with Crippen LogP contribution in [0.5, 0.6) is 0 Å². The fourth-order valence-corrected chi connectivity index (χ4v) is 4.29. The van der Waals surface area contributed by atoms with Crippen LogP contribution in [0, 0.1) is 0 Å². The second-order valence-corrected chi connectivity index (χ2v) is 7.95. The van der Waals surface area contributed by atoms with Gasteiger partial charge >= 0.3 is 0 Å². The lowest BCUT2D eigenvalue weighted by atomic mass is 10.2. The zero-order valence-electron chi connectivity index (χ0n) is 10.9. The van der Waals surface area contributed by atoms with Crippen LogP contribution in [-0.2, 0) is 16.4 Å². The Morgan fingerprint density at radius 3 is 2.37 bits per heavy atom. The van der Waals surface area contributed by atoms with Gasteiger partial charge < -0.3 is 10.6 Å². The molecule has 1 aliphatic rings. The van der Waals surface area contributed by atoms with Crippen molar-refractivity contribution in [2.75, 3.05) is 36.9 Å². The minimum Gasteiger partial charge on any atom is -0.326 e. The first kappa shape index (κ1) is 14.8. The molecule has 0 atom stereocenters. The maximum atomic E-state index is 12.2. The molecule has 1 aromatic carbocycles. The molecule has 0 unspecified atom stereocenters. The lowest BCUT2D eigenvalue weighted by molar-refractivity contribution is 0.320. The van der Waals surface area contributed by atoms with E-state index in [1.165, 1.54) is 0 Å². The van der Waals surface area contributed by atoms with Gasteiger partial charge in [0.25, 0.3) is 0 Å². The van der Waals surface area contributed by atoms with Crippen LogP contribution in [0.15, 0.2) is 29.2 Å². The van der Waals surface area contributed by atoms with Crippen molar-refractivity contribution in [3.63, 3.8) is 0 Å². The first-order valence-electron chi connectivity index (χ1n) is 6.44. The van der Waals surface area contributed by atoms with Gasteiger partial charge in [-0.1, -0.05) is 12.1 Å². The van der Waals surface area contributed by atoms with E-state index >= 15 is 0 Å². The van der Waals surface area contributed by atoms with E-state index in [2.05, 4.69) is 4.90 Å². The fourth-order valence-electron chi connectivity index (χ4n) is 2.02. The summed E-state index contributed by atoms with van der Waals surface area (Å²) in [7, 11) is -3.17. The van der Waals surface area contributed by atoms with Gasteiger partial charge in [0.2, 0.25) is 0 Å². The summed E-state index contributed by atoms with van der Waals surface area (Å²) in [4.78, 5) is 2.62. The van der Waals surface area contributed by atoms with Crippen LogP contribution in [0.2, 0.25) is 0 Å². The molecule has 19 heavy (non-hydrogen) atoms. The van der Waals surface area contributed by atoms with Crippen LogP contribution in [0.4, 0.5) is 0 Å². The zero-order valence-corrected chi connectivity index (χ0v) is 12.5. The van der Waals surface area contributed by atoms with E-state index < -0.39 is 9.84 Å². The van der Waals surface area contributed by atoms with E-state index in [1.807, 2.05) is 11.8 Å². The molecule has 0 bridgehead atoms. The second-order valence-electron chi connectivity index (χ2n) is 4.62. The summed E-state index contributed by atoms with van der Waals surface area (Å²) in [5.41, 5.74) is 6.46. The van der Waals surface area contributed by atoms with Crippen molar-refractivity contribution in [3.8, 4) is 0 Å². The van der Waals surface area contributed by atoms with E-state index in [-0.39, 0.29) is 5.75 Å². The highest BCUT2D eigenvalue weighted by Crippen LogP contribution is 2.14. The summed E-state index contributed by atoms with van der Waals surface area (Å²) in [6.45, 7) is 3.05. The minimum atomic E-state index is -3.17. The van der Waals surface area contributed by atoms with Crippen LogP contribution in [0.25, 0.3) is 0 Å². The molecule has 1 saturated heterocycles. The number of hydrogen-bond acceptors (Lipinski definition) is 5. The third-order valence-corrected chi connectivity index (χ3v) is 5.95. The van der Waals surface area contributed by atoms with Crippen LogP contribution in [0.1, 0.15) is 5.56 Å². The summed E-state index contributed by atoms with van der Waals surface area (Å²) >= 11 is 1.93. The van der Waals surface area contributed by atoms with Crippen molar-refractivity contribution in [1.29, 1.82) is 0 Å². The van der Waals surface area contributed by atoms with Crippen molar-refractivity contribution in [1.82, 2.24) is 4.90 Å². The highest BCUT2D eigenvalue weighted by Gasteiger charge is 2.17. The molecule has 1 heterocycles. The Hall–Kier alpha value is -0.560. The van der Waals surface area contributed by atoms with E-state index in [9.17, 15) is 8.42 Å². The number of rotatable bonds is 5. The summed E-state index contributed by atoms with van der Waals surface area (Å²) in [6.07, 6.45) is 0. The van der Waals surface area contributed by atoms with E-state index in [4.69, 9.17) is 5.73 Å². The van der Waals surface area contributed by atoms with Crippen LogP contribution in [0.3, 0.4) is 0 Å². The fraction of sp³-hybridized carbons (Fsp3) is 0.538. The molecule has 6 heteroatoms. The Morgan fingerprint density at radius 1 is 1.16 bits per heavy atom. The standard InChI is InChI=1S/C13H20N2O2S2/c14-11-12-1-3-13(4-2-12)19(16,17)10-7-15-5-8-18-9-6-15/h1-4H,5-11,14H2. The molecular weight excluding hydrogens is 280 g/mol. The average molecular weight is 300 g/mol. The van der Waals surface area contributed by atoms with E-state index in [0.717, 1.165) is 30.2 Å². The second kappa shape index (κ2) is 6.74. The molecule has 0 saturated carbocycles. The first-order chi connectivity index (χ1) is 9.12. The smallest absolute Gasteiger partial charge is 0.179 e. The Morgan fingerprint density at radius 2 is 1.79 bits per heavy atom. The molecule has 0 aromatic heterocycles. The average Bonchev–Trinajstić information content (AvgIpc) is 2.46. The molecule has 2 N–H and O–H groups in total. The highest BCUT2D eigenvalue weighted by atomic mass is 32.2. The van der Waals surface area contributed by atoms with Crippen molar-refractivity contribution >= 4 is 21.6 Å². The van der Waals surface area contributed by atoms with Crippen LogP contribution < -0.4 is 5.73 Å². The van der Waals surface area contributed by atoms with E-state index in [0.29, 0.717) is 18.0 Å². The van der Waals surface area contributed by atoms with Crippen molar-refractivity contribution in [3.05, 3.63) is 29.8 Å². The van der Waals surface area contributed by atoms with Gasteiger partial charge in [0, 0.05) is 37.7 Å². The summed E-state index contributed by atoms with van der Waals surface area (Å²) in [6, 6.07) is 6.88. The molecule has 1 fully saturated rings. The van der Waals surface area contributed by atoms with Crippen LogP contribution in [-0.4, -0.2) is 50.2 Å². The molecule has 0 amide bonds. The molecule has 1 aliphatic heterocycles. The monoisotopic (exact) mass is 300 g/mol. The number of hydrogen-bond donors (Lipinski definition) is 1. The van der Waals surface area contributed by atoms with Gasteiger partial charge in [0.05, 0.1) is 10.6 Å². The van der Waals surface area contributed by atoms with Crippen molar-refractivity contribution in [2.24, 2.45) is 5.73 Å². The molecule has 106 valence electrons. The van der Waals surface area contributed by atoms with Crippen LogP contribution >= 0.6 is 11.8 Å². The maximum absolute atomic E-state index is 12.2. The minimum absolute atomic E-state index is 0.194. The molecular formula is C13H20N2O2S2. The highest BCUT2D eigenvalue weighted by molar-refractivity contribution is 7.99. The zero-order chi connectivity index (χ0) is 13.7. The molecule has 2 rings (SSSR count). The molecule has 0 radical (unpaired) electrons. The lowest BCUT2D eigenvalue weighted by Gasteiger charge is -2.25. The normalized spacial score (nSPS) is 17.5. The number of sulfone groups is 1. The van der Waals surface area contributed by atoms with Gasteiger partial charge in [-0.3, -0.25) is 0 Å². The molecule has 0 aliphatic carbocycles. The lowest BCUT2D eigenvalue weighted by Crippen LogP contribution is -2.36. The number of thioether (sulfide) groups is 1. The summed E-state index contributed by atoms with van der Waals surface area (Å²) in [5.74, 6) is 2.40. The number of nitrogens with two attached hydrogens (primary N) is 1. The number of benzene rings is 1. The quantitative estimate of drug-likeness (QED) is 0.878. The Balaban J connectivity index is 1.96. The van der Waals surface area contributed by atoms with Crippen molar-refractivity contribution < 1.29 is 8.42 Å². The van der Waals surface area contributed by atoms with Gasteiger partial charge in [0.15, 0.2) is 9.84 Å². The van der Waals surface area contributed by atoms with Gasteiger partial charge in [-0.15, -0.1) is 0 Å². The topological polar surface area (TPSA) is 63.4 Å². The SMILES string of the molecule is NCc1ccc(S(=O)(=O)CCN2CCSCC2)cc1. The number of nitrogens with zero attached hydrogens (tertiary/aromatic N) is 1. The molecule has 0 spiro atoms. The molecule has 1 aromatic rings. The van der Waals surface area contributed by atoms with Gasteiger partial charge in [0.1, 0.15) is 0 Å². The van der Waals surface area contributed by atoms with Crippen molar-refractivity contribution in [2.45, 2.75) is 11.4 Å². The van der Waals surface area contributed by atoms with Gasteiger partial charge in [-0.25, -0.2) is 8.42 Å². The van der Waals surface area contributed by atoms with Gasteiger partial charge in [-0.2, -0.15) is 11.8 Å². The summed E-state index contributed by atoms with van der Waals surface area (Å²) in [5, 5.41) is 0. The first-order valence-corrected chi connectivity index (χ1v) is 9.24. The Bertz CT molecular complexity index is 494. The predicted octanol–water partition coefficient (Wildman–Crippen LogP) is 0.968. The third-order valence-electron chi connectivity index (χ3n) is 3.30. The molecule has 4 nitrogen and oxygen atoms in total. The third kappa shape index (κ3) is 4.21. The van der Waals surface area contributed by atoms with Gasteiger partial charge in [-0.05, 0) is 17.7 Å². The van der Waals surface area contributed by atoms with E-state index in [1.54, 1.807) is 24.3 Å². The Kier molecular flexibility index (Phi) is 5.27.